The van der Waals surface area contributed by atoms with Crippen molar-refractivity contribution < 1.29 is 9.67 Å². The number of rotatable bonds is 7. The van der Waals surface area contributed by atoms with Gasteiger partial charge in [0.15, 0.2) is 18.9 Å². The van der Waals surface area contributed by atoms with E-state index in [-0.39, 0.29) is 6.61 Å². The summed E-state index contributed by atoms with van der Waals surface area (Å²) in [5, 5.41) is 8.95. The first-order valence-corrected chi connectivity index (χ1v) is 7.89. The number of aromatic nitrogens is 1. The highest BCUT2D eigenvalue weighted by Crippen LogP contribution is 2.31. The number of nitrogens with zero attached hydrogens (tertiary/aromatic N) is 1. The van der Waals surface area contributed by atoms with Crippen LogP contribution >= 0.6 is 0 Å². The average molecular weight is 284 g/mol. The zero-order valence-corrected chi connectivity index (χ0v) is 13.1. The molecule has 0 radical (unpaired) electrons. The van der Waals surface area contributed by atoms with Crippen molar-refractivity contribution in [3.05, 3.63) is 66.0 Å². The minimum atomic E-state index is 0.186. The van der Waals surface area contributed by atoms with E-state index in [0.717, 1.165) is 0 Å². The van der Waals surface area contributed by atoms with Crippen LogP contribution in [0.5, 0.6) is 0 Å². The summed E-state index contributed by atoms with van der Waals surface area (Å²) in [7, 11) is 0. The lowest BCUT2D eigenvalue weighted by atomic mass is 9.85. The summed E-state index contributed by atoms with van der Waals surface area (Å²) in [5.74, 6) is 1.16. The van der Waals surface area contributed by atoms with Crippen LogP contribution in [0, 0.1) is 0 Å². The van der Waals surface area contributed by atoms with Crippen LogP contribution in [0.3, 0.4) is 0 Å². The number of hydrogen-bond acceptors (Lipinski definition) is 1. The number of aliphatic hydroxyl groups excluding tert-OH is 1. The van der Waals surface area contributed by atoms with Crippen LogP contribution in [0.15, 0.2) is 54.9 Å². The molecule has 0 fully saturated rings. The quantitative estimate of drug-likeness (QED) is 0.771. The van der Waals surface area contributed by atoms with Crippen LogP contribution in [0.2, 0.25) is 0 Å². The van der Waals surface area contributed by atoms with Gasteiger partial charge in [-0.25, -0.2) is 4.57 Å². The molecule has 2 nitrogen and oxygen atoms in total. The minimum Gasteiger partial charge on any atom is -0.390 e. The smallest absolute Gasteiger partial charge is 0.171 e. The molecule has 2 aromatic rings. The first-order valence-electron chi connectivity index (χ1n) is 7.89. The molecule has 2 heteroatoms. The molecule has 0 bridgehead atoms. The van der Waals surface area contributed by atoms with Gasteiger partial charge in [-0.15, -0.1) is 0 Å². The van der Waals surface area contributed by atoms with Crippen LogP contribution in [0.1, 0.15) is 49.7 Å². The maximum absolute atomic E-state index is 8.95. The molecule has 0 saturated carbocycles. The number of hydrogen-bond donors (Lipinski definition) is 1. The first kappa shape index (κ1) is 15.7. The van der Waals surface area contributed by atoms with Gasteiger partial charge in [0.25, 0.3) is 0 Å². The Kier molecular flexibility index (Phi) is 5.94. The molecule has 1 N–H and O–H groups in total. The van der Waals surface area contributed by atoms with Crippen molar-refractivity contribution in [3.8, 4) is 0 Å². The van der Waals surface area contributed by atoms with E-state index in [1.807, 2.05) is 4.57 Å². The van der Waals surface area contributed by atoms with Gasteiger partial charge >= 0.3 is 0 Å². The van der Waals surface area contributed by atoms with E-state index in [4.69, 9.17) is 5.11 Å². The number of benzene rings is 1. The monoisotopic (exact) mass is 284 g/mol. The topological polar surface area (TPSA) is 24.1 Å². The maximum Gasteiger partial charge on any atom is 0.171 e. The van der Waals surface area contributed by atoms with Gasteiger partial charge in [-0.3, -0.25) is 0 Å². The second kappa shape index (κ2) is 7.94. The lowest BCUT2D eigenvalue weighted by molar-refractivity contribution is -0.698. The Morgan fingerprint density at radius 1 is 1.00 bits per heavy atom. The third kappa shape index (κ3) is 4.40. The van der Waals surface area contributed by atoms with Crippen molar-refractivity contribution >= 4 is 0 Å². The lowest BCUT2D eigenvalue weighted by Gasteiger charge is -2.20. The molecular weight excluding hydrogens is 258 g/mol. The molecule has 1 heterocycles. The van der Waals surface area contributed by atoms with Gasteiger partial charge in [0.05, 0.1) is 0 Å². The predicted octanol–water partition coefficient (Wildman–Crippen LogP) is 3.65. The second-order valence-electron chi connectivity index (χ2n) is 5.75. The Bertz CT molecular complexity index is 521. The van der Waals surface area contributed by atoms with Crippen molar-refractivity contribution in [3.63, 3.8) is 0 Å². The van der Waals surface area contributed by atoms with Gasteiger partial charge in [-0.05, 0) is 35.8 Å². The molecule has 2 unspecified atom stereocenters. The summed E-state index contributed by atoms with van der Waals surface area (Å²) in [6, 6.07) is 15.2. The highest BCUT2D eigenvalue weighted by Gasteiger charge is 2.15. The van der Waals surface area contributed by atoms with Gasteiger partial charge in [0.1, 0.15) is 6.61 Å². The molecule has 0 aliphatic heterocycles. The average Bonchev–Trinajstić information content (AvgIpc) is 2.54. The van der Waals surface area contributed by atoms with Crippen molar-refractivity contribution in [2.45, 2.75) is 45.1 Å². The maximum atomic E-state index is 8.95. The summed E-state index contributed by atoms with van der Waals surface area (Å²) in [5.41, 5.74) is 2.82. The third-order valence-electron chi connectivity index (χ3n) is 4.25. The molecular formula is C19H26NO+. The summed E-state index contributed by atoms with van der Waals surface area (Å²) in [6.07, 6.45) is 6.47. The Morgan fingerprint density at radius 2 is 1.67 bits per heavy atom. The molecule has 0 spiro atoms. The van der Waals surface area contributed by atoms with Crippen molar-refractivity contribution in [1.29, 1.82) is 0 Å². The SMILES string of the molecule is CCC(CC(C)c1cc[n+](CCO)cc1)c1ccccc1. The zero-order valence-electron chi connectivity index (χ0n) is 13.1. The summed E-state index contributed by atoms with van der Waals surface area (Å²) >= 11 is 0. The summed E-state index contributed by atoms with van der Waals surface area (Å²) in [4.78, 5) is 0. The van der Waals surface area contributed by atoms with Crippen LogP contribution in [0.4, 0.5) is 0 Å². The fraction of sp³-hybridized carbons (Fsp3) is 0.421. The zero-order chi connectivity index (χ0) is 15.1. The van der Waals surface area contributed by atoms with Gasteiger partial charge < -0.3 is 5.11 Å². The van der Waals surface area contributed by atoms with E-state index in [1.165, 1.54) is 24.0 Å². The number of pyridine rings is 1. The minimum absolute atomic E-state index is 0.186. The predicted molar refractivity (Wildman–Crippen MR) is 86.2 cm³/mol. The van der Waals surface area contributed by atoms with Crippen LogP contribution < -0.4 is 4.57 Å². The van der Waals surface area contributed by atoms with Gasteiger partial charge in [-0.2, -0.15) is 0 Å². The highest BCUT2D eigenvalue weighted by molar-refractivity contribution is 5.21. The largest absolute Gasteiger partial charge is 0.390 e. The van der Waals surface area contributed by atoms with E-state index < -0.39 is 0 Å². The molecule has 112 valence electrons. The fourth-order valence-corrected chi connectivity index (χ4v) is 2.89. The standard InChI is InChI=1S/C19H26NO/c1-3-17(19-7-5-4-6-8-19)15-16(2)18-9-11-20(12-10-18)13-14-21/h4-12,16-17,21H,3,13-15H2,1-2H3/q+1. The van der Waals surface area contributed by atoms with Crippen LogP contribution in [-0.2, 0) is 6.54 Å². The second-order valence-corrected chi connectivity index (χ2v) is 5.75. The van der Waals surface area contributed by atoms with E-state index >= 15 is 0 Å². The van der Waals surface area contributed by atoms with Gasteiger partial charge in [-0.1, -0.05) is 44.2 Å². The van der Waals surface area contributed by atoms with E-state index in [9.17, 15) is 0 Å². The Labute approximate surface area is 128 Å². The Hall–Kier alpha value is -1.67. The normalized spacial score (nSPS) is 13.9. The van der Waals surface area contributed by atoms with E-state index in [0.29, 0.717) is 18.4 Å². The molecule has 21 heavy (non-hydrogen) atoms. The molecule has 0 aliphatic carbocycles. The molecule has 1 aromatic heterocycles. The van der Waals surface area contributed by atoms with Gasteiger partial charge in [0, 0.05) is 12.1 Å². The van der Waals surface area contributed by atoms with Gasteiger partial charge in [0.2, 0.25) is 0 Å². The molecule has 0 amide bonds. The van der Waals surface area contributed by atoms with Crippen LogP contribution in [0.25, 0.3) is 0 Å². The van der Waals surface area contributed by atoms with Crippen molar-refractivity contribution in [2.75, 3.05) is 6.61 Å². The molecule has 1 aromatic carbocycles. The Morgan fingerprint density at radius 3 is 2.24 bits per heavy atom. The third-order valence-corrected chi connectivity index (χ3v) is 4.25. The van der Waals surface area contributed by atoms with Crippen molar-refractivity contribution in [2.24, 2.45) is 0 Å². The molecule has 0 saturated heterocycles. The molecule has 0 aliphatic rings. The van der Waals surface area contributed by atoms with E-state index in [1.54, 1.807) is 0 Å². The Balaban J connectivity index is 2.03. The molecule has 2 rings (SSSR count). The number of aliphatic hydroxyl groups is 1. The fourth-order valence-electron chi connectivity index (χ4n) is 2.89. The first-order chi connectivity index (χ1) is 10.2. The highest BCUT2D eigenvalue weighted by atomic mass is 16.3. The summed E-state index contributed by atoms with van der Waals surface area (Å²) < 4.78 is 2.02. The van der Waals surface area contributed by atoms with E-state index in [2.05, 4.69) is 68.7 Å². The molecule has 2 atom stereocenters. The van der Waals surface area contributed by atoms with Crippen molar-refractivity contribution in [1.82, 2.24) is 0 Å². The van der Waals surface area contributed by atoms with Crippen LogP contribution in [-0.4, -0.2) is 11.7 Å². The summed E-state index contributed by atoms with van der Waals surface area (Å²) in [6.45, 7) is 5.42. The lowest BCUT2D eigenvalue weighted by Crippen LogP contribution is -2.34.